The summed E-state index contributed by atoms with van der Waals surface area (Å²) in [5, 5.41) is 0. The average molecular weight is 606 g/mol. The molecule has 0 unspecified atom stereocenters. The van der Waals surface area contributed by atoms with Crippen molar-refractivity contribution in [3.05, 3.63) is 35.4 Å². The fourth-order valence-electron chi connectivity index (χ4n) is 12.2. The molecule has 1 saturated heterocycles. The number of rotatable bonds is 12. The summed E-state index contributed by atoms with van der Waals surface area (Å²) in [5.74, 6) is 5.82. The SMILES string of the molecule is CCCN(CCC)C[C@@H](C)CC[C@H]1O[C@H]2C[C@H]3[C@@H]4CC[C@@H]5C[C@@H](OCc6ccc(C)cc6)CC[C@]5(C)[C@H]4CC[C@]3(C)[C@H]2[C@@H]1C. The van der Waals surface area contributed by atoms with Crippen molar-refractivity contribution in [1.82, 2.24) is 4.90 Å². The average Bonchev–Trinajstić information content (AvgIpc) is 3.48. The highest BCUT2D eigenvalue weighted by Crippen LogP contribution is 2.70. The van der Waals surface area contributed by atoms with Crippen molar-refractivity contribution in [3.63, 3.8) is 0 Å². The minimum Gasteiger partial charge on any atom is -0.374 e. The van der Waals surface area contributed by atoms with Gasteiger partial charge in [-0.2, -0.15) is 0 Å². The molecule has 0 N–H and O–H groups in total. The molecule has 0 amide bonds. The van der Waals surface area contributed by atoms with E-state index in [2.05, 4.69) is 77.6 Å². The molecule has 3 heteroatoms. The van der Waals surface area contributed by atoms with Crippen LogP contribution >= 0.6 is 0 Å². The first-order valence-corrected chi connectivity index (χ1v) is 19.2. The highest BCUT2D eigenvalue weighted by molar-refractivity contribution is 5.20. The third-order valence-corrected chi connectivity index (χ3v) is 14.4. The van der Waals surface area contributed by atoms with Gasteiger partial charge >= 0.3 is 0 Å². The molecule has 5 fully saturated rings. The Labute approximate surface area is 271 Å². The van der Waals surface area contributed by atoms with Gasteiger partial charge in [0.2, 0.25) is 0 Å². The first-order valence-electron chi connectivity index (χ1n) is 19.2. The maximum Gasteiger partial charge on any atom is 0.0720 e. The standard InChI is InChI=1S/C41H67NO2/c1-8-22-42(23-9-2)26-29(4)12-17-37-30(5)39-38(44-37)25-36-34-16-15-32-24-33(43-27-31-13-10-28(3)11-14-31)18-20-40(32,6)35(34)19-21-41(36,39)7/h10-11,13-14,29-30,32-39H,8-9,12,15-27H2,1-7H3/t29-,30+,32+,33-,34+,35-,36-,37+,38-,39-,40-,41-/m0/s1. The van der Waals surface area contributed by atoms with E-state index in [1.54, 1.807) is 0 Å². The predicted molar refractivity (Wildman–Crippen MR) is 184 cm³/mol. The summed E-state index contributed by atoms with van der Waals surface area (Å²) in [6.45, 7) is 21.8. The van der Waals surface area contributed by atoms with Gasteiger partial charge in [0.05, 0.1) is 24.9 Å². The molecule has 0 bridgehead atoms. The Balaban J connectivity index is 1.03. The minimum atomic E-state index is 0.445. The van der Waals surface area contributed by atoms with Gasteiger partial charge in [0.1, 0.15) is 0 Å². The van der Waals surface area contributed by atoms with E-state index < -0.39 is 0 Å². The monoisotopic (exact) mass is 606 g/mol. The number of aryl methyl sites for hydroxylation is 1. The molecule has 6 rings (SSSR count). The third kappa shape index (κ3) is 6.34. The van der Waals surface area contributed by atoms with Gasteiger partial charge < -0.3 is 14.4 Å². The molecule has 0 aromatic heterocycles. The molecule has 44 heavy (non-hydrogen) atoms. The summed E-state index contributed by atoms with van der Waals surface area (Å²) in [6.07, 6.45) is 17.6. The van der Waals surface area contributed by atoms with E-state index >= 15 is 0 Å². The van der Waals surface area contributed by atoms with E-state index in [1.807, 2.05) is 0 Å². The topological polar surface area (TPSA) is 21.7 Å². The summed E-state index contributed by atoms with van der Waals surface area (Å²) in [7, 11) is 0. The lowest BCUT2D eigenvalue weighted by Crippen LogP contribution is -2.54. The highest BCUT2D eigenvalue weighted by Gasteiger charge is 2.65. The fraction of sp³-hybridized carbons (Fsp3) is 0.854. The molecule has 0 spiro atoms. The normalized spacial score (nSPS) is 42.0. The Morgan fingerprint density at radius 2 is 1.66 bits per heavy atom. The van der Waals surface area contributed by atoms with Crippen molar-refractivity contribution in [2.24, 2.45) is 52.3 Å². The van der Waals surface area contributed by atoms with Crippen LogP contribution in [0.1, 0.15) is 130 Å². The highest BCUT2D eigenvalue weighted by atomic mass is 16.5. The summed E-state index contributed by atoms with van der Waals surface area (Å²) in [4.78, 5) is 2.70. The zero-order valence-electron chi connectivity index (χ0n) is 29.7. The van der Waals surface area contributed by atoms with Gasteiger partial charge in [-0.3, -0.25) is 0 Å². The first kappa shape index (κ1) is 33.0. The summed E-state index contributed by atoms with van der Waals surface area (Å²) in [6, 6.07) is 8.92. The van der Waals surface area contributed by atoms with Crippen LogP contribution in [0, 0.1) is 59.2 Å². The van der Waals surface area contributed by atoms with Crippen LogP contribution in [0.2, 0.25) is 0 Å². The fourth-order valence-corrected chi connectivity index (χ4v) is 12.2. The van der Waals surface area contributed by atoms with Crippen molar-refractivity contribution in [2.45, 2.75) is 150 Å². The molecule has 1 heterocycles. The Hall–Kier alpha value is -0.900. The quantitative estimate of drug-likeness (QED) is 0.237. The maximum atomic E-state index is 7.07. The largest absolute Gasteiger partial charge is 0.374 e. The summed E-state index contributed by atoms with van der Waals surface area (Å²) < 4.78 is 13.6. The number of hydrogen-bond donors (Lipinski definition) is 0. The molecule has 248 valence electrons. The first-order chi connectivity index (χ1) is 21.2. The molecular formula is C41H67NO2. The molecule has 1 aromatic rings. The Bertz CT molecular complexity index is 1060. The number of fused-ring (bicyclic) bond motifs is 7. The van der Waals surface area contributed by atoms with Crippen molar-refractivity contribution < 1.29 is 9.47 Å². The third-order valence-electron chi connectivity index (χ3n) is 14.4. The molecule has 3 nitrogen and oxygen atoms in total. The van der Waals surface area contributed by atoms with Crippen LogP contribution in [0.15, 0.2) is 24.3 Å². The van der Waals surface area contributed by atoms with Gasteiger partial charge in [-0.1, -0.05) is 71.4 Å². The van der Waals surface area contributed by atoms with E-state index in [0.717, 1.165) is 42.1 Å². The van der Waals surface area contributed by atoms with Gasteiger partial charge in [0, 0.05) is 6.54 Å². The summed E-state index contributed by atoms with van der Waals surface area (Å²) >= 11 is 0. The van der Waals surface area contributed by atoms with Gasteiger partial charge in [0.25, 0.3) is 0 Å². The van der Waals surface area contributed by atoms with E-state index in [0.29, 0.717) is 35.1 Å². The second-order valence-electron chi connectivity index (χ2n) is 17.2. The lowest BCUT2D eigenvalue weighted by Gasteiger charge is -2.61. The van der Waals surface area contributed by atoms with E-state index in [4.69, 9.17) is 9.47 Å². The molecule has 1 aromatic carbocycles. The van der Waals surface area contributed by atoms with Crippen molar-refractivity contribution in [3.8, 4) is 0 Å². The van der Waals surface area contributed by atoms with Crippen LogP contribution < -0.4 is 0 Å². The maximum absolute atomic E-state index is 7.07. The molecule has 1 aliphatic heterocycles. The Morgan fingerprint density at radius 1 is 0.932 bits per heavy atom. The van der Waals surface area contributed by atoms with E-state index in [9.17, 15) is 0 Å². The molecule has 4 saturated carbocycles. The van der Waals surface area contributed by atoms with Gasteiger partial charge in [0.15, 0.2) is 0 Å². The Morgan fingerprint density at radius 3 is 2.39 bits per heavy atom. The molecule has 5 aliphatic rings. The lowest BCUT2D eigenvalue weighted by atomic mass is 9.44. The van der Waals surface area contributed by atoms with Crippen LogP contribution in [-0.2, 0) is 16.1 Å². The van der Waals surface area contributed by atoms with E-state index in [1.165, 1.54) is 108 Å². The number of nitrogens with zero attached hydrogens (tertiary/aromatic N) is 1. The Kier molecular flexibility index (Phi) is 10.3. The van der Waals surface area contributed by atoms with Crippen LogP contribution in [0.4, 0.5) is 0 Å². The van der Waals surface area contributed by atoms with Crippen molar-refractivity contribution in [1.29, 1.82) is 0 Å². The number of benzene rings is 1. The van der Waals surface area contributed by atoms with Crippen molar-refractivity contribution >= 4 is 0 Å². The van der Waals surface area contributed by atoms with Crippen LogP contribution in [0.5, 0.6) is 0 Å². The minimum absolute atomic E-state index is 0.445. The predicted octanol–water partition coefficient (Wildman–Crippen LogP) is 10.1. The van der Waals surface area contributed by atoms with Gasteiger partial charge in [-0.05, 0) is 155 Å². The molecule has 4 aliphatic carbocycles. The lowest BCUT2D eigenvalue weighted by molar-refractivity contribution is -0.139. The zero-order valence-corrected chi connectivity index (χ0v) is 29.7. The van der Waals surface area contributed by atoms with E-state index in [-0.39, 0.29) is 0 Å². The van der Waals surface area contributed by atoms with Crippen LogP contribution in [0.3, 0.4) is 0 Å². The zero-order chi connectivity index (χ0) is 31.1. The number of hydrogen-bond acceptors (Lipinski definition) is 3. The smallest absolute Gasteiger partial charge is 0.0720 e. The van der Waals surface area contributed by atoms with Gasteiger partial charge in [-0.15, -0.1) is 0 Å². The second-order valence-corrected chi connectivity index (χ2v) is 17.2. The number of ether oxygens (including phenoxy) is 2. The van der Waals surface area contributed by atoms with Crippen LogP contribution in [0.25, 0.3) is 0 Å². The molecular weight excluding hydrogens is 538 g/mol. The summed E-state index contributed by atoms with van der Waals surface area (Å²) in [5.41, 5.74) is 3.66. The molecule has 0 radical (unpaired) electrons. The van der Waals surface area contributed by atoms with Crippen molar-refractivity contribution in [2.75, 3.05) is 19.6 Å². The molecule has 12 atom stereocenters. The van der Waals surface area contributed by atoms with Crippen LogP contribution in [-0.4, -0.2) is 42.8 Å². The second kappa shape index (κ2) is 13.7. The van der Waals surface area contributed by atoms with Gasteiger partial charge in [-0.25, -0.2) is 0 Å².